The van der Waals surface area contributed by atoms with Gasteiger partial charge in [0.15, 0.2) is 0 Å². The van der Waals surface area contributed by atoms with Crippen molar-refractivity contribution in [2.75, 3.05) is 7.05 Å². The topological polar surface area (TPSA) is 46.9 Å². The molecule has 1 aromatic carbocycles. The number of benzene rings is 1. The Hall–Kier alpha value is -1.94. The van der Waals surface area contributed by atoms with E-state index in [1.165, 1.54) is 11.1 Å². The molecule has 4 nitrogen and oxygen atoms in total. The van der Waals surface area contributed by atoms with Crippen molar-refractivity contribution >= 4 is 0 Å². The molecule has 112 valence electrons. The van der Waals surface area contributed by atoms with Crippen molar-refractivity contribution in [3.8, 4) is 11.3 Å². The normalized spacial score (nSPS) is 10.9. The van der Waals surface area contributed by atoms with Gasteiger partial charge in [-0.1, -0.05) is 30.7 Å². The summed E-state index contributed by atoms with van der Waals surface area (Å²) in [6, 6.07) is 8.21. The minimum Gasteiger partial charge on any atom is -0.315 e. The van der Waals surface area contributed by atoms with Crippen LogP contribution in [0.4, 0.5) is 0 Å². The van der Waals surface area contributed by atoms with Gasteiger partial charge < -0.3 is 5.32 Å². The average molecular weight is 285 g/mol. The zero-order valence-electron chi connectivity index (χ0n) is 13.2. The molecule has 21 heavy (non-hydrogen) atoms. The van der Waals surface area contributed by atoms with Gasteiger partial charge in [0.1, 0.15) is 0 Å². The lowest BCUT2D eigenvalue weighted by atomic mass is 10.0. The van der Waals surface area contributed by atoms with E-state index in [1.807, 2.05) is 13.1 Å². The Morgan fingerprint density at radius 3 is 2.62 bits per heavy atom. The van der Waals surface area contributed by atoms with E-state index >= 15 is 0 Å². The maximum absolute atomic E-state index is 12.3. The lowest BCUT2D eigenvalue weighted by Gasteiger charge is -2.12. The Morgan fingerprint density at radius 1 is 1.24 bits per heavy atom. The van der Waals surface area contributed by atoms with Crippen molar-refractivity contribution in [2.24, 2.45) is 0 Å². The van der Waals surface area contributed by atoms with Gasteiger partial charge in [-0.05, 0) is 38.9 Å². The van der Waals surface area contributed by atoms with Gasteiger partial charge in [-0.15, -0.1) is 0 Å². The summed E-state index contributed by atoms with van der Waals surface area (Å²) in [4.78, 5) is 12.3. The SMILES string of the molecule is CCCn1nc(-c2ccc(C)cc2C)cc(CNC)c1=O. The summed E-state index contributed by atoms with van der Waals surface area (Å²) >= 11 is 0. The minimum absolute atomic E-state index is 0.000264. The maximum Gasteiger partial charge on any atom is 0.271 e. The van der Waals surface area contributed by atoms with Gasteiger partial charge in [0.2, 0.25) is 0 Å². The highest BCUT2D eigenvalue weighted by atomic mass is 16.1. The summed E-state index contributed by atoms with van der Waals surface area (Å²) in [7, 11) is 1.85. The molecule has 1 N–H and O–H groups in total. The van der Waals surface area contributed by atoms with Crippen LogP contribution in [0.15, 0.2) is 29.1 Å². The van der Waals surface area contributed by atoms with E-state index in [2.05, 4.69) is 49.4 Å². The number of hydrogen-bond donors (Lipinski definition) is 1. The molecular weight excluding hydrogens is 262 g/mol. The van der Waals surface area contributed by atoms with E-state index in [1.54, 1.807) is 4.68 Å². The van der Waals surface area contributed by atoms with Gasteiger partial charge in [-0.3, -0.25) is 4.79 Å². The van der Waals surface area contributed by atoms with Crippen LogP contribution in [0.5, 0.6) is 0 Å². The van der Waals surface area contributed by atoms with Crippen LogP contribution in [0.25, 0.3) is 11.3 Å². The lowest BCUT2D eigenvalue weighted by Crippen LogP contribution is -2.28. The summed E-state index contributed by atoms with van der Waals surface area (Å²) in [6.07, 6.45) is 0.891. The van der Waals surface area contributed by atoms with E-state index in [0.29, 0.717) is 13.1 Å². The van der Waals surface area contributed by atoms with Crippen LogP contribution >= 0.6 is 0 Å². The van der Waals surface area contributed by atoms with Crippen molar-refractivity contribution in [3.63, 3.8) is 0 Å². The highest BCUT2D eigenvalue weighted by molar-refractivity contribution is 5.64. The molecule has 0 unspecified atom stereocenters. The molecule has 0 saturated carbocycles. The number of nitrogens with zero attached hydrogens (tertiary/aromatic N) is 2. The van der Waals surface area contributed by atoms with Crippen LogP contribution in [0.1, 0.15) is 30.0 Å². The highest BCUT2D eigenvalue weighted by Gasteiger charge is 2.11. The maximum atomic E-state index is 12.3. The molecule has 0 amide bonds. The molecule has 4 heteroatoms. The van der Waals surface area contributed by atoms with Crippen molar-refractivity contribution in [3.05, 3.63) is 51.3 Å². The molecule has 0 fully saturated rings. The van der Waals surface area contributed by atoms with Crippen molar-refractivity contribution in [2.45, 2.75) is 40.3 Å². The second-order valence-electron chi connectivity index (χ2n) is 5.43. The minimum atomic E-state index is -0.000264. The largest absolute Gasteiger partial charge is 0.315 e. The summed E-state index contributed by atoms with van der Waals surface area (Å²) in [5.74, 6) is 0. The Kier molecular flexibility index (Phi) is 4.91. The molecule has 0 bridgehead atoms. The van der Waals surface area contributed by atoms with Gasteiger partial charge in [0, 0.05) is 24.2 Å². The lowest BCUT2D eigenvalue weighted by molar-refractivity contribution is 0.561. The van der Waals surface area contributed by atoms with Crippen LogP contribution in [0.3, 0.4) is 0 Å². The zero-order chi connectivity index (χ0) is 15.4. The molecule has 0 aliphatic heterocycles. The molecule has 0 atom stereocenters. The van der Waals surface area contributed by atoms with Crippen LogP contribution < -0.4 is 10.9 Å². The summed E-state index contributed by atoms with van der Waals surface area (Å²) < 4.78 is 1.58. The van der Waals surface area contributed by atoms with Crippen LogP contribution in [0.2, 0.25) is 0 Å². The van der Waals surface area contributed by atoms with E-state index in [-0.39, 0.29) is 5.56 Å². The highest BCUT2D eigenvalue weighted by Crippen LogP contribution is 2.22. The molecule has 1 heterocycles. The van der Waals surface area contributed by atoms with Crippen molar-refractivity contribution in [1.29, 1.82) is 0 Å². The first-order valence-corrected chi connectivity index (χ1v) is 7.40. The molecule has 0 saturated heterocycles. The molecule has 0 aliphatic rings. The Morgan fingerprint density at radius 2 is 2.00 bits per heavy atom. The Labute approximate surface area is 125 Å². The molecule has 0 spiro atoms. The summed E-state index contributed by atoms with van der Waals surface area (Å²) in [5, 5.41) is 7.60. The third-order valence-corrected chi connectivity index (χ3v) is 3.51. The van der Waals surface area contributed by atoms with Gasteiger partial charge in [0.05, 0.1) is 5.69 Å². The summed E-state index contributed by atoms with van der Waals surface area (Å²) in [6.45, 7) is 7.42. The Balaban J connectivity index is 2.59. The van der Waals surface area contributed by atoms with E-state index < -0.39 is 0 Å². The summed E-state index contributed by atoms with van der Waals surface area (Å²) in [5.41, 5.74) is 5.12. The third kappa shape index (κ3) is 3.39. The molecule has 2 aromatic rings. The fourth-order valence-electron chi connectivity index (χ4n) is 2.51. The quantitative estimate of drug-likeness (QED) is 0.918. The number of nitrogens with one attached hydrogen (secondary N) is 1. The first-order valence-electron chi connectivity index (χ1n) is 7.40. The standard InChI is InChI=1S/C17H23N3O/c1-5-8-20-17(21)14(11-18-4)10-16(19-20)15-7-6-12(2)9-13(15)3/h6-7,9-10,18H,5,8,11H2,1-4H3. The van der Waals surface area contributed by atoms with E-state index in [9.17, 15) is 4.79 Å². The number of aryl methyl sites for hydroxylation is 3. The average Bonchev–Trinajstić information content (AvgIpc) is 2.43. The van der Waals surface area contributed by atoms with Crippen LogP contribution in [-0.2, 0) is 13.1 Å². The molecule has 0 radical (unpaired) electrons. The van der Waals surface area contributed by atoms with Gasteiger partial charge in [-0.25, -0.2) is 4.68 Å². The van der Waals surface area contributed by atoms with Crippen molar-refractivity contribution < 1.29 is 0 Å². The molecule has 0 aliphatic carbocycles. The zero-order valence-corrected chi connectivity index (χ0v) is 13.2. The van der Waals surface area contributed by atoms with E-state index in [0.717, 1.165) is 23.2 Å². The van der Waals surface area contributed by atoms with Gasteiger partial charge in [0.25, 0.3) is 5.56 Å². The monoisotopic (exact) mass is 285 g/mol. The second kappa shape index (κ2) is 6.68. The first-order chi connectivity index (χ1) is 10.1. The smallest absolute Gasteiger partial charge is 0.271 e. The van der Waals surface area contributed by atoms with Crippen LogP contribution in [-0.4, -0.2) is 16.8 Å². The third-order valence-electron chi connectivity index (χ3n) is 3.51. The fourth-order valence-corrected chi connectivity index (χ4v) is 2.51. The van der Waals surface area contributed by atoms with E-state index in [4.69, 9.17) is 0 Å². The fraction of sp³-hybridized carbons (Fsp3) is 0.412. The number of rotatable bonds is 5. The molecular formula is C17H23N3O. The first kappa shape index (κ1) is 15.4. The molecule has 2 rings (SSSR count). The van der Waals surface area contributed by atoms with Gasteiger partial charge in [-0.2, -0.15) is 5.10 Å². The van der Waals surface area contributed by atoms with Crippen molar-refractivity contribution in [1.82, 2.24) is 15.1 Å². The van der Waals surface area contributed by atoms with Crippen LogP contribution in [0, 0.1) is 13.8 Å². The Bertz CT molecular complexity index is 659. The predicted octanol–water partition coefficient (Wildman–Crippen LogP) is 2.66. The molecule has 1 aromatic heterocycles. The number of hydrogen-bond acceptors (Lipinski definition) is 3. The predicted molar refractivity (Wildman–Crippen MR) is 86.5 cm³/mol. The number of aromatic nitrogens is 2. The van der Waals surface area contributed by atoms with Gasteiger partial charge >= 0.3 is 0 Å². The second-order valence-corrected chi connectivity index (χ2v) is 5.43.